The first-order valence-corrected chi connectivity index (χ1v) is 8.69. The van der Waals surface area contributed by atoms with Crippen LogP contribution in [0, 0.1) is 11.8 Å². The lowest BCUT2D eigenvalue weighted by Crippen LogP contribution is -2.08. The minimum atomic E-state index is -0.336. The van der Waals surface area contributed by atoms with Gasteiger partial charge in [-0.15, -0.1) is 0 Å². The Morgan fingerprint density at radius 1 is 0.917 bits per heavy atom. The summed E-state index contributed by atoms with van der Waals surface area (Å²) in [4.78, 5) is 11.4. The lowest BCUT2D eigenvalue weighted by Gasteiger charge is -2.22. The summed E-state index contributed by atoms with van der Waals surface area (Å²) in [5, 5.41) is 0. The van der Waals surface area contributed by atoms with Crippen LogP contribution < -0.4 is 4.74 Å². The normalized spacial score (nSPS) is 24.8. The molecule has 4 rings (SSSR count). The molecule has 24 heavy (non-hydrogen) atoms. The van der Waals surface area contributed by atoms with Crippen molar-refractivity contribution in [2.24, 2.45) is 11.8 Å². The molecule has 2 fully saturated rings. The number of esters is 1. The van der Waals surface area contributed by atoms with Gasteiger partial charge >= 0.3 is 5.97 Å². The monoisotopic (exact) mass is 322 g/mol. The number of methoxy groups -OCH3 is 1. The smallest absolute Gasteiger partial charge is 0.337 e. The molecule has 0 amide bonds. The predicted octanol–water partition coefficient (Wildman–Crippen LogP) is 5.17. The highest BCUT2D eigenvalue weighted by Gasteiger charge is 2.39. The third-order valence-electron chi connectivity index (χ3n) is 5.56. The van der Waals surface area contributed by atoms with E-state index >= 15 is 0 Å². The van der Waals surface area contributed by atoms with E-state index in [1.807, 2.05) is 0 Å². The molecule has 2 aliphatic rings. The highest BCUT2D eigenvalue weighted by atomic mass is 16.5. The molecule has 2 saturated carbocycles. The summed E-state index contributed by atoms with van der Waals surface area (Å²) in [6.45, 7) is 0. The molecule has 0 saturated heterocycles. The molecular weight excluding hydrogens is 300 g/mol. The number of carbonyl (C=O) groups excluding carboxylic acids is 1. The summed E-state index contributed by atoms with van der Waals surface area (Å²) in [7, 11) is 1.38. The summed E-state index contributed by atoms with van der Waals surface area (Å²) in [5.74, 6) is 3.81. The van der Waals surface area contributed by atoms with Gasteiger partial charge in [-0.25, -0.2) is 4.79 Å². The highest BCUT2D eigenvalue weighted by molar-refractivity contribution is 5.89. The van der Waals surface area contributed by atoms with Gasteiger partial charge in [0.2, 0.25) is 0 Å². The summed E-state index contributed by atoms with van der Waals surface area (Å²) < 4.78 is 10.6. The molecule has 0 heterocycles. The zero-order valence-electron chi connectivity index (χ0n) is 13.9. The molecule has 0 aliphatic heterocycles. The van der Waals surface area contributed by atoms with Gasteiger partial charge in [0, 0.05) is 0 Å². The number of benzene rings is 2. The fraction of sp³-hybridized carbons (Fsp3) is 0.381. The molecular formula is C21H22O3. The van der Waals surface area contributed by atoms with E-state index in [1.165, 1.54) is 38.4 Å². The van der Waals surface area contributed by atoms with Crippen LogP contribution in [0.1, 0.15) is 47.5 Å². The van der Waals surface area contributed by atoms with Crippen molar-refractivity contribution in [3.05, 3.63) is 59.7 Å². The fourth-order valence-corrected chi connectivity index (χ4v) is 4.35. The standard InChI is InChI=1S/C21H22O3/c1-23-21(22)16-6-10-19(11-7-16)24-18-8-4-15(5-9-18)20-13-14-2-3-17(20)12-14/h4-11,14,17,20H,2-3,12-13H2,1H3. The van der Waals surface area contributed by atoms with Crippen molar-refractivity contribution >= 4 is 5.97 Å². The molecule has 0 N–H and O–H groups in total. The number of carbonyl (C=O) groups is 1. The zero-order valence-corrected chi connectivity index (χ0v) is 13.9. The highest BCUT2D eigenvalue weighted by Crippen LogP contribution is 2.52. The lowest BCUT2D eigenvalue weighted by molar-refractivity contribution is 0.0600. The van der Waals surface area contributed by atoms with Crippen molar-refractivity contribution in [3.63, 3.8) is 0 Å². The number of fused-ring (bicyclic) bond motifs is 2. The van der Waals surface area contributed by atoms with Crippen LogP contribution in [0.5, 0.6) is 11.5 Å². The van der Waals surface area contributed by atoms with Crippen molar-refractivity contribution < 1.29 is 14.3 Å². The minimum absolute atomic E-state index is 0.336. The largest absolute Gasteiger partial charge is 0.465 e. The molecule has 3 heteroatoms. The molecule has 3 atom stereocenters. The van der Waals surface area contributed by atoms with Crippen LogP contribution in [0.4, 0.5) is 0 Å². The van der Waals surface area contributed by atoms with Gasteiger partial charge in [-0.05, 0) is 79.0 Å². The summed E-state index contributed by atoms with van der Waals surface area (Å²) in [6, 6.07) is 15.5. The van der Waals surface area contributed by atoms with Crippen LogP contribution in [-0.2, 0) is 4.74 Å². The number of hydrogen-bond acceptors (Lipinski definition) is 3. The Hall–Kier alpha value is -2.29. The van der Waals surface area contributed by atoms with Crippen LogP contribution >= 0.6 is 0 Å². The molecule has 0 radical (unpaired) electrons. The van der Waals surface area contributed by atoms with Gasteiger partial charge < -0.3 is 9.47 Å². The van der Waals surface area contributed by atoms with Crippen LogP contribution in [0.3, 0.4) is 0 Å². The van der Waals surface area contributed by atoms with Crippen molar-refractivity contribution in [2.45, 2.75) is 31.6 Å². The number of ether oxygens (including phenoxy) is 2. The first-order valence-electron chi connectivity index (χ1n) is 8.69. The molecule has 124 valence electrons. The van der Waals surface area contributed by atoms with Gasteiger partial charge in [0.05, 0.1) is 12.7 Å². The van der Waals surface area contributed by atoms with Gasteiger partial charge in [-0.2, -0.15) is 0 Å². The van der Waals surface area contributed by atoms with Gasteiger partial charge in [0.25, 0.3) is 0 Å². The van der Waals surface area contributed by atoms with Gasteiger partial charge in [-0.1, -0.05) is 18.6 Å². The second kappa shape index (κ2) is 6.31. The minimum Gasteiger partial charge on any atom is -0.465 e. The van der Waals surface area contributed by atoms with E-state index < -0.39 is 0 Å². The molecule has 0 aromatic heterocycles. The third kappa shape index (κ3) is 2.91. The van der Waals surface area contributed by atoms with E-state index in [2.05, 4.69) is 24.3 Å². The molecule has 0 spiro atoms. The summed E-state index contributed by atoms with van der Waals surface area (Å²) >= 11 is 0. The van der Waals surface area contributed by atoms with Gasteiger partial charge in [-0.3, -0.25) is 0 Å². The van der Waals surface area contributed by atoms with Crippen LogP contribution in [-0.4, -0.2) is 13.1 Å². The van der Waals surface area contributed by atoms with Crippen LogP contribution in [0.2, 0.25) is 0 Å². The maximum atomic E-state index is 11.4. The number of hydrogen-bond donors (Lipinski definition) is 0. The molecule has 3 nitrogen and oxygen atoms in total. The fourth-order valence-electron chi connectivity index (χ4n) is 4.35. The Bertz CT molecular complexity index is 718. The van der Waals surface area contributed by atoms with E-state index in [4.69, 9.17) is 9.47 Å². The Labute approximate surface area is 142 Å². The molecule has 2 bridgehead atoms. The molecule has 2 aromatic carbocycles. The van der Waals surface area contributed by atoms with Gasteiger partial charge in [0.1, 0.15) is 11.5 Å². The SMILES string of the molecule is COC(=O)c1ccc(Oc2ccc(C3CC4CCC3C4)cc2)cc1. The summed E-state index contributed by atoms with van der Waals surface area (Å²) in [6.07, 6.45) is 5.62. The van der Waals surface area contributed by atoms with E-state index in [9.17, 15) is 4.79 Å². The Kier molecular flexibility index (Phi) is 4.01. The Morgan fingerprint density at radius 3 is 2.12 bits per heavy atom. The second-order valence-corrected chi connectivity index (χ2v) is 6.97. The quantitative estimate of drug-likeness (QED) is 0.729. The van der Waals surface area contributed by atoms with E-state index in [1.54, 1.807) is 24.3 Å². The Balaban J connectivity index is 1.43. The van der Waals surface area contributed by atoms with Crippen molar-refractivity contribution in [2.75, 3.05) is 7.11 Å². The third-order valence-corrected chi connectivity index (χ3v) is 5.56. The maximum absolute atomic E-state index is 11.4. The average molecular weight is 322 g/mol. The lowest BCUT2D eigenvalue weighted by atomic mass is 9.83. The Morgan fingerprint density at radius 2 is 1.58 bits per heavy atom. The molecule has 2 aliphatic carbocycles. The topological polar surface area (TPSA) is 35.5 Å². The predicted molar refractivity (Wildman–Crippen MR) is 92.5 cm³/mol. The van der Waals surface area contributed by atoms with Crippen LogP contribution in [0.15, 0.2) is 48.5 Å². The first kappa shape index (κ1) is 15.3. The average Bonchev–Trinajstić information content (AvgIpc) is 3.26. The first-order chi connectivity index (χ1) is 11.7. The second-order valence-electron chi connectivity index (χ2n) is 6.97. The van der Waals surface area contributed by atoms with Crippen molar-refractivity contribution in [1.29, 1.82) is 0 Å². The van der Waals surface area contributed by atoms with E-state index in [-0.39, 0.29) is 5.97 Å². The molecule has 3 unspecified atom stereocenters. The molecule has 2 aromatic rings. The van der Waals surface area contributed by atoms with Crippen LogP contribution in [0.25, 0.3) is 0 Å². The van der Waals surface area contributed by atoms with Gasteiger partial charge in [0.15, 0.2) is 0 Å². The van der Waals surface area contributed by atoms with E-state index in [0.717, 1.165) is 29.3 Å². The van der Waals surface area contributed by atoms with Crippen molar-refractivity contribution in [3.8, 4) is 11.5 Å². The summed E-state index contributed by atoms with van der Waals surface area (Å²) in [5.41, 5.74) is 1.98. The number of rotatable bonds is 4. The van der Waals surface area contributed by atoms with E-state index in [0.29, 0.717) is 5.56 Å². The van der Waals surface area contributed by atoms with Crippen molar-refractivity contribution in [1.82, 2.24) is 0 Å². The maximum Gasteiger partial charge on any atom is 0.337 e. The zero-order chi connectivity index (χ0) is 16.5.